The number of nitrogens with zero attached hydrogens (tertiary/aromatic N) is 2. The fourth-order valence-corrected chi connectivity index (χ4v) is 3.85. The minimum atomic E-state index is -0.619. The van der Waals surface area contributed by atoms with Crippen LogP contribution < -0.4 is 10.6 Å². The quantitative estimate of drug-likeness (QED) is 0.678. The molecule has 0 spiro atoms. The van der Waals surface area contributed by atoms with Crippen molar-refractivity contribution < 1.29 is 14.4 Å². The summed E-state index contributed by atoms with van der Waals surface area (Å²) in [7, 11) is 0. The molecule has 1 aromatic carbocycles. The lowest BCUT2D eigenvalue weighted by Gasteiger charge is -2.24. The first-order chi connectivity index (χ1) is 13.6. The van der Waals surface area contributed by atoms with Crippen LogP contribution in [0.25, 0.3) is 11.4 Å². The first-order valence-corrected chi connectivity index (χ1v) is 10.2. The Balaban J connectivity index is 1.34. The van der Waals surface area contributed by atoms with E-state index < -0.39 is 12.1 Å². The Morgan fingerprint density at radius 2 is 2.11 bits per heavy atom. The lowest BCUT2D eigenvalue weighted by atomic mass is 9.82. The van der Waals surface area contributed by atoms with Gasteiger partial charge in [-0.25, -0.2) is 0 Å². The number of benzene rings is 1. The maximum absolute atomic E-state index is 12.3. The summed E-state index contributed by atoms with van der Waals surface area (Å²) < 4.78 is 5.39. The normalized spacial score (nSPS) is 23.4. The van der Waals surface area contributed by atoms with Crippen LogP contribution in [-0.4, -0.2) is 39.8 Å². The van der Waals surface area contributed by atoms with Crippen LogP contribution in [0.15, 0.2) is 28.8 Å². The van der Waals surface area contributed by atoms with Crippen LogP contribution in [-0.2, 0) is 11.2 Å². The molecule has 2 fully saturated rings. The number of hydrogen-bond acceptors (Lipinski definition) is 6. The molecule has 2 aromatic rings. The second-order valence-electron chi connectivity index (χ2n) is 7.99. The first-order valence-electron chi connectivity index (χ1n) is 10.2. The van der Waals surface area contributed by atoms with Gasteiger partial charge in [0, 0.05) is 12.0 Å². The zero-order valence-electron chi connectivity index (χ0n) is 16.2. The average Bonchev–Trinajstić information content (AvgIpc) is 3.29. The number of nitrogens with one attached hydrogen (secondary N) is 2. The first kappa shape index (κ1) is 19.1. The zero-order chi connectivity index (χ0) is 19.5. The SMILES string of the molecule is C[C@H](NC(=O)[C@H]1NCC[C@@H]1O)c1ccc(-c2noc(CCC3CCC3)n2)cc1. The van der Waals surface area contributed by atoms with Crippen LogP contribution in [0.2, 0.25) is 0 Å². The van der Waals surface area contributed by atoms with Gasteiger partial charge in [0.25, 0.3) is 0 Å². The lowest BCUT2D eigenvalue weighted by Crippen LogP contribution is -2.46. The number of aryl methyl sites for hydroxylation is 1. The summed E-state index contributed by atoms with van der Waals surface area (Å²) in [5.41, 5.74) is 1.88. The molecule has 7 heteroatoms. The van der Waals surface area contributed by atoms with Crippen LogP contribution in [0.5, 0.6) is 0 Å². The van der Waals surface area contributed by atoms with Crippen molar-refractivity contribution in [3.63, 3.8) is 0 Å². The fraction of sp³-hybridized carbons (Fsp3) is 0.571. The topological polar surface area (TPSA) is 100 Å². The van der Waals surface area contributed by atoms with E-state index in [2.05, 4.69) is 20.8 Å². The monoisotopic (exact) mass is 384 g/mol. The number of carbonyl (C=O) groups is 1. The Bertz CT molecular complexity index is 800. The Hall–Kier alpha value is -2.25. The third-order valence-electron chi connectivity index (χ3n) is 5.96. The molecule has 3 N–H and O–H groups in total. The number of aromatic nitrogens is 2. The van der Waals surface area contributed by atoms with E-state index in [1.807, 2.05) is 31.2 Å². The highest BCUT2D eigenvalue weighted by atomic mass is 16.5. The summed E-state index contributed by atoms with van der Waals surface area (Å²) in [5, 5.41) is 19.9. The van der Waals surface area contributed by atoms with E-state index >= 15 is 0 Å². The Kier molecular flexibility index (Phi) is 5.73. The number of amides is 1. The predicted octanol–water partition coefficient (Wildman–Crippen LogP) is 2.37. The summed E-state index contributed by atoms with van der Waals surface area (Å²) in [6, 6.07) is 7.13. The molecule has 1 aliphatic heterocycles. The van der Waals surface area contributed by atoms with Gasteiger partial charge < -0.3 is 20.3 Å². The molecule has 1 saturated heterocycles. The van der Waals surface area contributed by atoms with Gasteiger partial charge in [-0.2, -0.15) is 4.98 Å². The molecule has 1 aromatic heterocycles. The summed E-state index contributed by atoms with van der Waals surface area (Å²) in [4.78, 5) is 16.8. The second kappa shape index (κ2) is 8.41. The van der Waals surface area contributed by atoms with Gasteiger partial charge in [-0.1, -0.05) is 48.7 Å². The Morgan fingerprint density at radius 1 is 1.32 bits per heavy atom. The molecule has 0 radical (unpaired) electrons. The number of rotatable bonds is 7. The van der Waals surface area contributed by atoms with Crippen molar-refractivity contribution >= 4 is 5.91 Å². The molecule has 0 bridgehead atoms. The van der Waals surface area contributed by atoms with E-state index in [1.165, 1.54) is 19.3 Å². The van der Waals surface area contributed by atoms with Gasteiger partial charge in [-0.3, -0.25) is 4.79 Å². The van der Waals surface area contributed by atoms with Crippen molar-refractivity contribution in [3.05, 3.63) is 35.7 Å². The van der Waals surface area contributed by atoms with Gasteiger partial charge in [0.1, 0.15) is 6.04 Å². The van der Waals surface area contributed by atoms with Gasteiger partial charge in [0.2, 0.25) is 17.6 Å². The van der Waals surface area contributed by atoms with Gasteiger partial charge in [0.05, 0.1) is 12.1 Å². The van der Waals surface area contributed by atoms with Gasteiger partial charge in [0.15, 0.2) is 0 Å². The molecule has 4 rings (SSSR count). The van der Waals surface area contributed by atoms with Crippen molar-refractivity contribution in [2.45, 2.75) is 63.6 Å². The summed E-state index contributed by atoms with van der Waals surface area (Å²) in [6.45, 7) is 2.59. The van der Waals surface area contributed by atoms with Crippen molar-refractivity contribution in [3.8, 4) is 11.4 Å². The lowest BCUT2D eigenvalue weighted by molar-refractivity contribution is -0.125. The van der Waals surface area contributed by atoms with Crippen LogP contribution >= 0.6 is 0 Å². The highest BCUT2D eigenvalue weighted by molar-refractivity contribution is 5.83. The highest BCUT2D eigenvalue weighted by Gasteiger charge is 2.31. The van der Waals surface area contributed by atoms with Gasteiger partial charge in [-0.05, 0) is 37.8 Å². The number of aliphatic hydroxyl groups excluding tert-OH is 1. The molecule has 1 aliphatic carbocycles. The molecule has 1 amide bonds. The van der Waals surface area contributed by atoms with Gasteiger partial charge in [-0.15, -0.1) is 0 Å². The molecular formula is C21H28N4O3. The molecule has 150 valence electrons. The van der Waals surface area contributed by atoms with Crippen LogP contribution in [0.3, 0.4) is 0 Å². The smallest absolute Gasteiger partial charge is 0.240 e. The molecule has 28 heavy (non-hydrogen) atoms. The third kappa shape index (κ3) is 4.25. The molecule has 0 unspecified atom stereocenters. The Labute approximate surface area is 164 Å². The molecule has 7 nitrogen and oxygen atoms in total. The number of carbonyl (C=O) groups excluding carboxylic acids is 1. The molecule has 1 saturated carbocycles. The van der Waals surface area contributed by atoms with Crippen molar-refractivity contribution in [2.75, 3.05) is 6.54 Å². The minimum Gasteiger partial charge on any atom is -0.391 e. The average molecular weight is 384 g/mol. The van der Waals surface area contributed by atoms with E-state index in [4.69, 9.17) is 4.52 Å². The van der Waals surface area contributed by atoms with Crippen LogP contribution in [0.4, 0.5) is 0 Å². The number of aliphatic hydroxyl groups is 1. The van der Waals surface area contributed by atoms with Crippen molar-refractivity contribution in [2.24, 2.45) is 5.92 Å². The predicted molar refractivity (Wildman–Crippen MR) is 104 cm³/mol. The Morgan fingerprint density at radius 3 is 2.75 bits per heavy atom. The van der Waals surface area contributed by atoms with E-state index in [0.717, 1.165) is 29.9 Å². The highest BCUT2D eigenvalue weighted by Crippen LogP contribution is 2.30. The van der Waals surface area contributed by atoms with Crippen molar-refractivity contribution in [1.82, 2.24) is 20.8 Å². The van der Waals surface area contributed by atoms with Gasteiger partial charge >= 0.3 is 0 Å². The third-order valence-corrected chi connectivity index (χ3v) is 5.96. The fourth-order valence-electron chi connectivity index (χ4n) is 3.85. The van der Waals surface area contributed by atoms with Crippen LogP contribution in [0.1, 0.15) is 56.5 Å². The summed E-state index contributed by atoms with van der Waals surface area (Å²) >= 11 is 0. The maximum Gasteiger partial charge on any atom is 0.240 e. The second-order valence-corrected chi connectivity index (χ2v) is 7.99. The van der Waals surface area contributed by atoms with E-state index in [1.54, 1.807) is 0 Å². The minimum absolute atomic E-state index is 0.153. The zero-order valence-corrected chi connectivity index (χ0v) is 16.2. The van der Waals surface area contributed by atoms with E-state index in [-0.39, 0.29) is 11.9 Å². The molecule has 3 atom stereocenters. The van der Waals surface area contributed by atoms with Crippen LogP contribution in [0, 0.1) is 5.92 Å². The van der Waals surface area contributed by atoms with E-state index in [0.29, 0.717) is 24.7 Å². The molecular weight excluding hydrogens is 356 g/mol. The molecule has 2 heterocycles. The number of hydrogen-bond donors (Lipinski definition) is 3. The largest absolute Gasteiger partial charge is 0.391 e. The summed E-state index contributed by atoms with van der Waals surface area (Å²) in [5.74, 6) is 1.96. The van der Waals surface area contributed by atoms with Crippen molar-refractivity contribution in [1.29, 1.82) is 0 Å². The summed E-state index contributed by atoms with van der Waals surface area (Å²) in [6.07, 6.45) is 5.96. The standard InChI is InChI=1S/C21H28N4O3/c1-13(23-21(27)19-17(26)11-12-22-19)15-6-8-16(9-7-15)20-24-18(28-25-20)10-5-14-3-2-4-14/h6-9,13-14,17,19,22,26H,2-5,10-12H2,1H3,(H,23,27)/t13-,17-,19-/m0/s1. The maximum atomic E-state index is 12.3. The molecule has 2 aliphatic rings. The van der Waals surface area contributed by atoms with E-state index in [9.17, 15) is 9.90 Å².